The van der Waals surface area contributed by atoms with Crippen LogP contribution in [-0.4, -0.2) is 60.3 Å². The largest absolute Gasteiger partial charge is 0.481 e. The highest BCUT2D eigenvalue weighted by Gasteiger charge is 2.37. The predicted octanol–water partition coefficient (Wildman–Crippen LogP) is 1.94. The van der Waals surface area contributed by atoms with Crippen molar-refractivity contribution in [3.8, 4) is 0 Å². The molecule has 2 atom stereocenters. The summed E-state index contributed by atoms with van der Waals surface area (Å²) in [7, 11) is 0. The lowest BCUT2D eigenvalue weighted by atomic mass is 10.0. The molecule has 0 radical (unpaired) electrons. The van der Waals surface area contributed by atoms with E-state index in [-0.39, 0.29) is 12.0 Å². The molecule has 1 fully saturated rings. The summed E-state index contributed by atoms with van der Waals surface area (Å²) in [6, 6.07) is 0.0664. The number of rotatable bonds is 9. The maximum atomic E-state index is 11.2. The van der Waals surface area contributed by atoms with E-state index in [9.17, 15) is 9.90 Å². The van der Waals surface area contributed by atoms with Gasteiger partial charge in [-0.2, -0.15) is 11.8 Å². The molecule has 1 aliphatic heterocycles. The number of carboxylic acids is 1. The van der Waals surface area contributed by atoms with Gasteiger partial charge in [-0.05, 0) is 44.4 Å². The van der Waals surface area contributed by atoms with Crippen LogP contribution in [-0.2, 0) is 9.53 Å². The molecule has 106 valence electrons. The molecule has 0 saturated carbocycles. The van der Waals surface area contributed by atoms with E-state index in [2.05, 4.69) is 18.1 Å². The third-order valence-corrected chi connectivity index (χ3v) is 4.09. The smallest absolute Gasteiger partial charge is 0.310 e. The van der Waals surface area contributed by atoms with E-state index in [0.717, 1.165) is 25.9 Å². The third-order valence-electron chi connectivity index (χ3n) is 3.39. The fourth-order valence-corrected chi connectivity index (χ4v) is 2.92. The number of ether oxygens (including phenoxy) is 1. The van der Waals surface area contributed by atoms with Crippen LogP contribution >= 0.6 is 11.8 Å². The van der Waals surface area contributed by atoms with E-state index in [1.54, 1.807) is 0 Å². The van der Waals surface area contributed by atoms with Crippen molar-refractivity contribution in [2.75, 3.05) is 38.3 Å². The van der Waals surface area contributed by atoms with Gasteiger partial charge < -0.3 is 9.84 Å². The van der Waals surface area contributed by atoms with Crippen LogP contribution in [0.2, 0.25) is 0 Å². The summed E-state index contributed by atoms with van der Waals surface area (Å²) in [5.74, 6) is 0.114. The molecular formula is C13H25NO3S. The normalized spacial score (nSPS) is 23.7. The number of carbonyl (C=O) groups is 1. The van der Waals surface area contributed by atoms with Crippen molar-refractivity contribution in [3.05, 3.63) is 0 Å². The summed E-state index contributed by atoms with van der Waals surface area (Å²) in [5.41, 5.74) is 0. The Balaban J connectivity index is 2.46. The average Bonchev–Trinajstić information content (AvgIpc) is 2.82. The minimum Gasteiger partial charge on any atom is -0.481 e. The van der Waals surface area contributed by atoms with Crippen LogP contribution in [0.1, 0.15) is 26.2 Å². The van der Waals surface area contributed by atoms with E-state index >= 15 is 0 Å². The Hall–Kier alpha value is -0.260. The first-order valence-electron chi connectivity index (χ1n) is 6.74. The van der Waals surface area contributed by atoms with Gasteiger partial charge in [-0.15, -0.1) is 0 Å². The third kappa shape index (κ3) is 4.78. The summed E-state index contributed by atoms with van der Waals surface area (Å²) in [6.45, 7) is 5.04. The molecule has 0 bridgehead atoms. The number of carboxylic acid groups (broad SMARTS) is 1. The lowest BCUT2D eigenvalue weighted by Gasteiger charge is -2.30. The van der Waals surface area contributed by atoms with E-state index in [4.69, 9.17) is 4.74 Å². The molecule has 0 aliphatic carbocycles. The molecule has 1 heterocycles. The van der Waals surface area contributed by atoms with Crippen molar-refractivity contribution >= 4 is 17.7 Å². The fourth-order valence-electron chi connectivity index (χ4n) is 2.43. The molecule has 4 nitrogen and oxygen atoms in total. The molecule has 1 rings (SSSR count). The summed E-state index contributed by atoms with van der Waals surface area (Å²) in [6.07, 6.45) is 5.52. The topological polar surface area (TPSA) is 49.8 Å². The Morgan fingerprint density at radius 2 is 2.17 bits per heavy atom. The van der Waals surface area contributed by atoms with Crippen molar-refractivity contribution < 1.29 is 14.6 Å². The second kappa shape index (κ2) is 8.77. The SMILES string of the molecule is CCCN(CCCCSC)C1COCC1C(=O)O. The summed E-state index contributed by atoms with van der Waals surface area (Å²) in [5, 5.41) is 9.20. The molecule has 0 amide bonds. The molecule has 0 aromatic carbocycles. The van der Waals surface area contributed by atoms with Gasteiger partial charge in [-0.25, -0.2) is 0 Å². The first-order chi connectivity index (χ1) is 8.70. The van der Waals surface area contributed by atoms with E-state index in [1.165, 1.54) is 12.2 Å². The van der Waals surface area contributed by atoms with Crippen molar-refractivity contribution in [2.45, 2.75) is 32.2 Å². The number of thioether (sulfide) groups is 1. The molecular weight excluding hydrogens is 250 g/mol. The van der Waals surface area contributed by atoms with Crippen molar-refractivity contribution in [1.29, 1.82) is 0 Å². The second-order valence-corrected chi connectivity index (χ2v) is 5.77. The molecule has 1 aliphatic rings. The van der Waals surface area contributed by atoms with Crippen LogP contribution < -0.4 is 0 Å². The molecule has 18 heavy (non-hydrogen) atoms. The minimum absolute atomic E-state index is 0.0664. The molecule has 5 heteroatoms. The van der Waals surface area contributed by atoms with Gasteiger partial charge in [0.2, 0.25) is 0 Å². The van der Waals surface area contributed by atoms with Crippen molar-refractivity contribution in [2.24, 2.45) is 5.92 Å². The van der Waals surface area contributed by atoms with Gasteiger partial charge >= 0.3 is 5.97 Å². The van der Waals surface area contributed by atoms with Gasteiger partial charge in [0.25, 0.3) is 0 Å². The summed E-state index contributed by atoms with van der Waals surface area (Å²) in [4.78, 5) is 13.5. The minimum atomic E-state index is -0.720. The molecule has 0 spiro atoms. The van der Waals surface area contributed by atoms with E-state index < -0.39 is 5.97 Å². The summed E-state index contributed by atoms with van der Waals surface area (Å²) < 4.78 is 5.36. The first-order valence-corrected chi connectivity index (χ1v) is 8.13. The van der Waals surface area contributed by atoms with Gasteiger partial charge in [-0.3, -0.25) is 9.69 Å². The molecule has 1 saturated heterocycles. The van der Waals surface area contributed by atoms with Crippen LogP contribution in [0.5, 0.6) is 0 Å². The molecule has 0 aromatic rings. The maximum absolute atomic E-state index is 11.2. The van der Waals surface area contributed by atoms with Crippen LogP contribution in [0.15, 0.2) is 0 Å². The quantitative estimate of drug-likeness (QED) is 0.652. The van der Waals surface area contributed by atoms with Crippen LogP contribution in [0.25, 0.3) is 0 Å². The van der Waals surface area contributed by atoms with Gasteiger partial charge in [0.05, 0.1) is 19.1 Å². The van der Waals surface area contributed by atoms with Gasteiger partial charge in [0.1, 0.15) is 0 Å². The summed E-state index contributed by atoms with van der Waals surface area (Å²) >= 11 is 1.87. The standard InChI is InChI=1S/C13H25NO3S/c1-3-6-14(7-4-5-8-18-2)12-10-17-9-11(12)13(15)16/h11-12H,3-10H2,1-2H3,(H,15,16). The van der Waals surface area contributed by atoms with Crippen LogP contribution in [0, 0.1) is 5.92 Å². The monoisotopic (exact) mass is 275 g/mol. The molecule has 0 aromatic heterocycles. The van der Waals surface area contributed by atoms with E-state index in [1.807, 2.05) is 11.8 Å². The highest BCUT2D eigenvalue weighted by molar-refractivity contribution is 7.98. The van der Waals surface area contributed by atoms with Gasteiger partial charge in [0, 0.05) is 6.04 Å². The molecule has 2 unspecified atom stereocenters. The zero-order valence-electron chi connectivity index (χ0n) is 11.4. The van der Waals surface area contributed by atoms with Gasteiger partial charge in [-0.1, -0.05) is 6.92 Å². The Morgan fingerprint density at radius 1 is 1.39 bits per heavy atom. The Bertz CT molecular complexity index is 250. The number of hydrogen-bond donors (Lipinski definition) is 1. The highest BCUT2D eigenvalue weighted by Crippen LogP contribution is 2.21. The zero-order valence-corrected chi connectivity index (χ0v) is 12.2. The first kappa shape index (κ1) is 15.8. The van der Waals surface area contributed by atoms with Crippen LogP contribution in [0.4, 0.5) is 0 Å². The fraction of sp³-hybridized carbons (Fsp3) is 0.923. The highest BCUT2D eigenvalue weighted by atomic mass is 32.2. The second-order valence-electron chi connectivity index (χ2n) is 4.79. The van der Waals surface area contributed by atoms with E-state index in [0.29, 0.717) is 13.2 Å². The van der Waals surface area contributed by atoms with Crippen molar-refractivity contribution in [1.82, 2.24) is 4.90 Å². The molecule has 1 N–H and O–H groups in total. The Morgan fingerprint density at radius 3 is 2.78 bits per heavy atom. The Kier molecular flexibility index (Phi) is 7.70. The number of unbranched alkanes of at least 4 members (excludes halogenated alkanes) is 1. The van der Waals surface area contributed by atoms with Crippen molar-refractivity contribution in [3.63, 3.8) is 0 Å². The predicted molar refractivity (Wildman–Crippen MR) is 75.2 cm³/mol. The van der Waals surface area contributed by atoms with Gasteiger partial charge in [0.15, 0.2) is 0 Å². The Labute approximate surface area is 114 Å². The number of nitrogens with zero attached hydrogens (tertiary/aromatic N) is 1. The zero-order chi connectivity index (χ0) is 13.4. The lowest BCUT2D eigenvalue weighted by molar-refractivity contribution is -0.143. The number of aliphatic carboxylic acids is 1. The van der Waals surface area contributed by atoms with Crippen LogP contribution in [0.3, 0.4) is 0 Å². The lowest BCUT2D eigenvalue weighted by Crippen LogP contribution is -2.44. The maximum Gasteiger partial charge on any atom is 0.310 e. The number of hydrogen-bond acceptors (Lipinski definition) is 4. The average molecular weight is 275 g/mol.